The van der Waals surface area contributed by atoms with E-state index in [1.165, 1.54) is 198 Å². The number of aliphatic hydroxyl groups excluding tert-OH is 1. The molecule has 0 bridgehead atoms. The summed E-state index contributed by atoms with van der Waals surface area (Å²) in [5, 5.41) is 10.3. The molecule has 0 heterocycles. The Morgan fingerprint density at radius 2 is 0.804 bits per heavy atom. The van der Waals surface area contributed by atoms with E-state index in [4.69, 9.17) is 0 Å². The molecule has 0 saturated heterocycles. The highest BCUT2D eigenvalue weighted by atomic mass is 16.3. The molecule has 1 unspecified atom stereocenters. The topological polar surface area (TPSA) is 37.3 Å². The number of allylic oxidation sites excluding steroid dienone is 3. The highest BCUT2D eigenvalue weighted by Crippen LogP contribution is 2.17. The van der Waals surface area contributed by atoms with Gasteiger partial charge in [0, 0.05) is 6.42 Å². The molecule has 0 aliphatic heterocycles. The van der Waals surface area contributed by atoms with Gasteiger partial charge < -0.3 is 5.11 Å². The van der Waals surface area contributed by atoms with Crippen LogP contribution in [0.2, 0.25) is 0 Å². The van der Waals surface area contributed by atoms with E-state index in [1.54, 1.807) is 6.08 Å². The first kappa shape index (κ1) is 45.1. The molecule has 0 aromatic heterocycles. The maximum atomic E-state index is 11.9. The van der Waals surface area contributed by atoms with Crippen molar-refractivity contribution in [3.8, 4) is 0 Å². The molecule has 2 heteroatoms. The third-order valence-electron chi connectivity index (χ3n) is 9.89. The van der Waals surface area contributed by atoms with Crippen LogP contribution in [0.3, 0.4) is 0 Å². The van der Waals surface area contributed by atoms with Gasteiger partial charge in [0.2, 0.25) is 0 Å². The molecule has 0 aromatic carbocycles. The van der Waals surface area contributed by atoms with Crippen LogP contribution in [0.1, 0.15) is 245 Å². The van der Waals surface area contributed by atoms with Gasteiger partial charge >= 0.3 is 0 Å². The van der Waals surface area contributed by atoms with Gasteiger partial charge in [0.25, 0.3) is 0 Å². The summed E-state index contributed by atoms with van der Waals surface area (Å²) < 4.78 is 0. The van der Waals surface area contributed by atoms with Crippen LogP contribution in [0.4, 0.5) is 0 Å². The van der Waals surface area contributed by atoms with Crippen molar-refractivity contribution >= 4 is 5.78 Å². The summed E-state index contributed by atoms with van der Waals surface area (Å²) in [6, 6.07) is 0. The average molecular weight is 645 g/mol. The van der Waals surface area contributed by atoms with E-state index in [0.717, 1.165) is 32.1 Å². The summed E-state index contributed by atoms with van der Waals surface area (Å²) >= 11 is 0. The van der Waals surface area contributed by atoms with E-state index in [9.17, 15) is 9.90 Å². The van der Waals surface area contributed by atoms with Gasteiger partial charge in [-0.1, -0.05) is 211 Å². The second-order valence-corrected chi connectivity index (χ2v) is 15.0. The van der Waals surface area contributed by atoms with Crippen molar-refractivity contribution in [1.82, 2.24) is 0 Å². The summed E-state index contributed by atoms with van der Waals surface area (Å²) in [6.07, 6.45) is 50.8. The molecule has 0 fully saturated rings. The number of hydrogen-bond donors (Lipinski definition) is 1. The van der Waals surface area contributed by atoms with Crippen LogP contribution in [-0.2, 0) is 4.79 Å². The fourth-order valence-corrected chi connectivity index (χ4v) is 6.68. The van der Waals surface area contributed by atoms with E-state index in [-0.39, 0.29) is 11.9 Å². The van der Waals surface area contributed by atoms with Crippen molar-refractivity contribution < 1.29 is 9.90 Å². The number of ketones is 1. The summed E-state index contributed by atoms with van der Waals surface area (Å²) in [7, 11) is 0. The SMILES string of the molecule is C=C(C)CC/C=C/C(=O)CCCCCCCCCCCCCC(O)CCCCCCCCCCCCCCCCCCCCCC. The van der Waals surface area contributed by atoms with Gasteiger partial charge in [0.1, 0.15) is 0 Å². The number of hydrogen-bond acceptors (Lipinski definition) is 2. The Kier molecular flexibility index (Phi) is 37.8. The zero-order chi connectivity index (χ0) is 33.6. The molecule has 0 amide bonds. The van der Waals surface area contributed by atoms with Crippen molar-refractivity contribution in [2.45, 2.75) is 251 Å². The van der Waals surface area contributed by atoms with E-state index < -0.39 is 0 Å². The minimum absolute atomic E-state index is 0.0663. The zero-order valence-corrected chi connectivity index (χ0v) is 31.8. The molecule has 0 aliphatic carbocycles. The minimum Gasteiger partial charge on any atom is -0.393 e. The lowest BCUT2D eigenvalue weighted by molar-refractivity contribution is -0.114. The average Bonchev–Trinajstić information content (AvgIpc) is 3.04. The molecule has 272 valence electrons. The van der Waals surface area contributed by atoms with Gasteiger partial charge in [-0.15, -0.1) is 6.58 Å². The number of unbranched alkanes of at least 4 members (excludes halogenated alkanes) is 29. The third-order valence-corrected chi connectivity index (χ3v) is 9.89. The van der Waals surface area contributed by atoms with E-state index in [2.05, 4.69) is 13.5 Å². The molecule has 1 N–H and O–H groups in total. The Bertz CT molecular complexity index is 650. The standard InChI is InChI=1S/C44H84O2/c1-4-5-6-7-8-9-10-11-12-13-14-15-16-17-18-20-23-26-29-32-38-43(45)39-33-30-27-24-21-19-22-25-28-31-34-40-44(46)41-36-35-37-42(2)3/h36,41,43,45H,2,4-35,37-40H2,1,3H3/b41-36+. The van der Waals surface area contributed by atoms with Crippen LogP contribution in [-0.4, -0.2) is 17.0 Å². The summed E-state index contributed by atoms with van der Waals surface area (Å²) in [5.41, 5.74) is 1.18. The second-order valence-electron chi connectivity index (χ2n) is 15.0. The lowest BCUT2D eigenvalue weighted by Gasteiger charge is -2.10. The molecule has 0 aromatic rings. The molecule has 0 spiro atoms. The van der Waals surface area contributed by atoms with Crippen LogP contribution in [0.15, 0.2) is 24.3 Å². The van der Waals surface area contributed by atoms with E-state index >= 15 is 0 Å². The highest BCUT2D eigenvalue weighted by molar-refractivity contribution is 5.89. The zero-order valence-electron chi connectivity index (χ0n) is 31.8. The minimum atomic E-state index is -0.0663. The Balaban J connectivity index is 3.22. The lowest BCUT2D eigenvalue weighted by Crippen LogP contribution is -2.05. The highest BCUT2D eigenvalue weighted by Gasteiger charge is 2.04. The van der Waals surface area contributed by atoms with E-state index in [1.807, 2.05) is 13.0 Å². The molecule has 0 radical (unpaired) electrons. The molecule has 0 aliphatic rings. The van der Waals surface area contributed by atoms with Gasteiger partial charge in [0.15, 0.2) is 5.78 Å². The monoisotopic (exact) mass is 645 g/mol. The first-order valence-electron chi connectivity index (χ1n) is 21.1. The smallest absolute Gasteiger partial charge is 0.155 e. The predicted octanol–water partition coefficient (Wildman–Crippen LogP) is 15.1. The van der Waals surface area contributed by atoms with Gasteiger partial charge in [0.05, 0.1) is 6.10 Å². The van der Waals surface area contributed by atoms with Crippen LogP contribution >= 0.6 is 0 Å². The third kappa shape index (κ3) is 39.3. The van der Waals surface area contributed by atoms with Gasteiger partial charge in [-0.25, -0.2) is 0 Å². The molecular weight excluding hydrogens is 560 g/mol. The predicted molar refractivity (Wildman–Crippen MR) is 207 cm³/mol. The summed E-state index contributed by atoms with van der Waals surface area (Å²) in [5.74, 6) is 0.283. The van der Waals surface area contributed by atoms with Gasteiger partial charge in [-0.05, 0) is 45.1 Å². The normalized spacial score (nSPS) is 12.3. The maximum Gasteiger partial charge on any atom is 0.155 e. The molecule has 1 atom stereocenters. The van der Waals surface area contributed by atoms with Crippen molar-refractivity contribution in [1.29, 1.82) is 0 Å². The van der Waals surface area contributed by atoms with Crippen LogP contribution in [0, 0.1) is 0 Å². The molecule has 2 nitrogen and oxygen atoms in total. The van der Waals surface area contributed by atoms with Gasteiger partial charge in [-0.2, -0.15) is 0 Å². The Labute approximate surface area is 290 Å². The van der Waals surface area contributed by atoms with E-state index in [0.29, 0.717) is 6.42 Å². The molecule has 0 saturated carbocycles. The van der Waals surface area contributed by atoms with Crippen LogP contribution in [0.25, 0.3) is 0 Å². The van der Waals surface area contributed by atoms with Crippen molar-refractivity contribution in [3.63, 3.8) is 0 Å². The Morgan fingerprint density at radius 1 is 0.500 bits per heavy atom. The molecule has 0 rings (SSSR count). The maximum absolute atomic E-state index is 11.9. The largest absolute Gasteiger partial charge is 0.393 e. The van der Waals surface area contributed by atoms with Crippen molar-refractivity contribution in [3.05, 3.63) is 24.3 Å². The second kappa shape index (κ2) is 38.6. The fourth-order valence-electron chi connectivity index (χ4n) is 6.68. The first-order chi connectivity index (χ1) is 22.6. The number of aliphatic hydroxyl groups is 1. The quantitative estimate of drug-likeness (QED) is 0.0411. The summed E-state index contributed by atoms with van der Waals surface area (Å²) in [4.78, 5) is 11.9. The van der Waals surface area contributed by atoms with Crippen LogP contribution in [0.5, 0.6) is 0 Å². The summed E-state index contributed by atoms with van der Waals surface area (Å²) in [6.45, 7) is 8.23. The fraction of sp³-hybridized carbons (Fsp3) is 0.886. The molecular formula is C44H84O2. The number of carbonyl (C=O) groups is 1. The lowest BCUT2D eigenvalue weighted by atomic mass is 10.0. The van der Waals surface area contributed by atoms with Crippen molar-refractivity contribution in [2.24, 2.45) is 0 Å². The van der Waals surface area contributed by atoms with Crippen molar-refractivity contribution in [2.75, 3.05) is 0 Å². The van der Waals surface area contributed by atoms with Gasteiger partial charge in [-0.3, -0.25) is 4.79 Å². The molecule has 46 heavy (non-hydrogen) atoms. The number of carbonyl (C=O) groups excluding carboxylic acids is 1. The van der Waals surface area contributed by atoms with Crippen LogP contribution < -0.4 is 0 Å². The Morgan fingerprint density at radius 3 is 1.13 bits per heavy atom. The Hall–Kier alpha value is -0.890. The number of rotatable bonds is 39. The first-order valence-corrected chi connectivity index (χ1v) is 21.1.